The van der Waals surface area contributed by atoms with Gasteiger partial charge in [0.1, 0.15) is 0 Å². The van der Waals surface area contributed by atoms with E-state index in [-0.39, 0.29) is 6.29 Å². The largest absolute Gasteiger partial charge is 0.344 e. The molecule has 0 unspecified atom stereocenters. The van der Waals surface area contributed by atoms with Crippen molar-refractivity contribution in [2.24, 2.45) is 0 Å². The Labute approximate surface area is 148 Å². The molecule has 0 amide bonds. The number of hydrogen-bond donors (Lipinski definition) is 0. The normalized spacial score (nSPS) is 17.3. The van der Waals surface area contributed by atoms with Crippen LogP contribution in [-0.4, -0.2) is 13.2 Å². The van der Waals surface area contributed by atoms with Gasteiger partial charge in [-0.05, 0) is 22.3 Å². The highest BCUT2D eigenvalue weighted by Gasteiger charge is 2.19. The van der Waals surface area contributed by atoms with Crippen molar-refractivity contribution >= 4 is 6.08 Å². The van der Waals surface area contributed by atoms with Gasteiger partial charge in [-0.1, -0.05) is 91.0 Å². The third-order valence-electron chi connectivity index (χ3n) is 4.30. The molecule has 0 bridgehead atoms. The minimum atomic E-state index is -0.294. The predicted molar refractivity (Wildman–Crippen MR) is 101 cm³/mol. The molecule has 2 heteroatoms. The summed E-state index contributed by atoms with van der Waals surface area (Å²) in [6, 6.07) is 29.0. The first-order chi connectivity index (χ1) is 12.4. The third kappa shape index (κ3) is 3.87. The topological polar surface area (TPSA) is 18.5 Å². The van der Waals surface area contributed by atoms with Gasteiger partial charge in [-0.2, -0.15) is 0 Å². The Morgan fingerprint density at radius 3 is 1.84 bits per heavy atom. The summed E-state index contributed by atoms with van der Waals surface area (Å²) < 4.78 is 11.8. The molecule has 2 nitrogen and oxygen atoms in total. The first-order valence-corrected chi connectivity index (χ1v) is 8.51. The second-order valence-electron chi connectivity index (χ2n) is 6.16. The maximum atomic E-state index is 5.90. The molecule has 1 aliphatic heterocycles. The summed E-state index contributed by atoms with van der Waals surface area (Å²) >= 11 is 0. The van der Waals surface area contributed by atoms with E-state index >= 15 is 0 Å². The summed E-state index contributed by atoms with van der Waals surface area (Å²) in [5, 5.41) is 0. The molecule has 0 aromatic heterocycles. The molecule has 1 saturated heterocycles. The fourth-order valence-electron chi connectivity index (χ4n) is 2.98. The SMILES string of the molecule is C(=C1COC(c2ccc(-c3ccccc3)cc2)OC1)c1ccccc1. The van der Waals surface area contributed by atoms with E-state index in [1.54, 1.807) is 0 Å². The van der Waals surface area contributed by atoms with Gasteiger partial charge in [0.15, 0.2) is 6.29 Å². The number of benzene rings is 3. The van der Waals surface area contributed by atoms with E-state index in [4.69, 9.17) is 9.47 Å². The monoisotopic (exact) mass is 328 g/mol. The molecular weight excluding hydrogens is 308 g/mol. The predicted octanol–water partition coefficient (Wildman–Crippen LogP) is 5.48. The van der Waals surface area contributed by atoms with Crippen LogP contribution in [0, 0.1) is 0 Å². The molecule has 0 N–H and O–H groups in total. The standard InChI is InChI=1S/C23H20O2/c1-3-7-18(8-4-1)15-19-16-24-23(25-17-19)22-13-11-21(12-14-22)20-9-5-2-6-10-20/h1-15,23H,16-17H2. The lowest BCUT2D eigenvalue weighted by Crippen LogP contribution is -2.20. The van der Waals surface area contributed by atoms with Crippen LogP contribution >= 0.6 is 0 Å². The van der Waals surface area contributed by atoms with E-state index < -0.39 is 0 Å². The number of hydrogen-bond acceptors (Lipinski definition) is 2. The fourth-order valence-corrected chi connectivity index (χ4v) is 2.98. The second kappa shape index (κ2) is 7.47. The zero-order valence-electron chi connectivity index (χ0n) is 14.0. The van der Waals surface area contributed by atoms with Crippen molar-refractivity contribution in [2.45, 2.75) is 6.29 Å². The van der Waals surface area contributed by atoms with Crippen molar-refractivity contribution in [2.75, 3.05) is 13.2 Å². The molecule has 1 fully saturated rings. The van der Waals surface area contributed by atoms with Crippen molar-refractivity contribution in [1.29, 1.82) is 0 Å². The van der Waals surface area contributed by atoms with Gasteiger partial charge < -0.3 is 9.47 Å². The van der Waals surface area contributed by atoms with Gasteiger partial charge >= 0.3 is 0 Å². The average Bonchev–Trinajstić information content (AvgIpc) is 2.70. The highest BCUT2D eigenvalue weighted by Crippen LogP contribution is 2.28. The zero-order valence-corrected chi connectivity index (χ0v) is 14.0. The van der Waals surface area contributed by atoms with Crippen LogP contribution in [0.15, 0.2) is 90.5 Å². The van der Waals surface area contributed by atoms with Gasteiger partial charge in [-0.15, -0.1) is 0 Å². The maximum absolute atomic E-state index is 5.90. The molecule has 1 heterocycles. The summed E-state index contributed by atoms with van der Waals surface area (Å²) in [7, 11) is 0. The molecule has 3 aromatic rings. The van der Waals surface area contributed by atoms with E-state index in [0.29, 0.717) is 13.2 Å². The summed E-state index contributed by atoms with van der Waals surface area (Å²) in [5.41, 5.74) is 5.80. The number of rotatable bonds is 3. The van der Waals surface area contributed by atoms with Crippen LogP contribution in [-0.2, 0) is 9.47 Å². The molecule has 0 radical (unpaired) electrons. The summed E-state index contributed by atoms with van der Waals surface area (Å²) in [6.45, 7) is 1.19. The Morgan fingerprint density at radius 1 is 0.640 bits per heavy atom. The smallest absolute Gasteiger partial charge is 0.184 e. The third-order valence-corrected chi connectivity index (χ3v) is 4.30. The first kappa shape index (κ1) is 15.8. The average molecular weight is 328 g/mol. The highest BCUT2D eigenvalue weighted by molar-refractivity contribution is 5.63. The molecular formula is C23H20O2. The van der Waals surface area contributed by atoms with Gasteiger partial charge in [0.25, 0.3) is 0 Å². The summed E-state index contributed by atoms with van der Waals surface area (Å²) in [5.74, 6) is 0. The molecule has 1 aliphatic rings. The lowest BCUT2D eigenvalue weighted by atomic mass is 10.0. The summed E-state index contributed by atoms with van der Waals surface area (Å²) in [4.78, 5) is 0. The zero-order chi connectivity index (χ0) is 16.9. The molecule has 4 rings (SSSR count). The molecule has 3 aromatic carbocycles. The molecule has 124 valence electrons. The second-order valence-corrected chi connectivity index (χ2v) is 6.16. The van der Waals surface area contributed by atoms with Crippen molar-refractivity contribution in [3.05, 3.63) is 102 Å². The van der Waals surface area contributed by atoms with Crippen LogP contribution < -0.4 is 0 Å². The van der Waals surface area contributed by atoms with Crippen LogP contribution in [0.25, 0.3) is 17.2 Å². The van der Waals surface area contributed by atoms with Crippen LogP contribution in [0.5, 0.6) is 0 Å². The van der Waals surface area contributed by atoms with Gasteiger partial charge in [0, 0.05) is 5.56 Å². The van der Waals surface area contributed by atoms with Crippen LogP contribution in [0.1, 0.15) is 17.4 Å². The molecule has 0 aliphatic carbocycles. The highest BCUT2D eigenvalue weighted by atomic mass is 16.7. The lowest BCUT2D eigenvalue weighted by molar-refractivity contribution is -0.160. The van der Waals surface area contributed by atoms with Crippen molar-refractivity contribution in [3.8, 4) is 11.1 Å². The molecule has 25 heavy (non-hydrogen) atoms. The Kier molecular flexibility index (Phi) is 4.73. The fraction of sp³-hybridized carbons (Fsp3) is 0.130. The van der Waals surface area contributed by atoms with Gasteiger partial charge in [0.05, 0.1) is 13.2 Å². The Bertz CT molecular complexity index is 826. The van der Waals surface area contributed by atoms with Crippen LogP contribution in [0.2, 0.25) is 0 Å². The van der Waals surface area contributed by atoms with Crippen LogP contribution in [0.4, 0.5) is 0 Å². The van der Waals surface area contributed by atoms with Crippen molar-refractivity contribution in [1.82, 2.24) is 0 Å². The van der Waals surface area contributed by atoms with E-state index in [2.05, 4.69) is 66.7 Å². The molecule has 0 atom stereocenters. The first-order valence-electron chi connectivity index (χ1n) is 8.51. The van der Waals surface area contributed by atoms with Crippen molar-refractivity contribution < 1.29 is 9.47 Å². The molecule has 0 spiro atoms. The molecule has 0 saturated carbocycles. The quantitative estimate of drug-likeness (QED) is 0.633. The maximum Gasteiger partial charge on any atom is 0.184 e. The number of ether oxygens (including phenoxy) is 2. The lowest BCUT2D eigenvalue weighted by Gasteiger charge is -2.25. The van der Waals surface area contributed by atoms with E-state index in [1.165, 1.54) is 16.7 Å². The van der Waals surface area contributed by atoms with Crippen LogP contribution in [0.3, 0.4) is 0 Å². The Balaban J connectivity index is 1.42. The van der Waals surface area contributed by atoms with E-state index in [1.807, 2.05) is 24.3 Å². The summed E-state index contributed by atoms with van der Waals surface area (Å²) in [6.07, 6.45) is 1.84. The minimum absolute atomic E-state index is 0.294. The van der Waals surface area contributed by atoms with Crippen molar-refractivity contribution in [3.63, 3.8) is 0 Å². The van der Waals surface area contributed by atoms with Gasteiger partial charge in [-0.25, -0.2) is 0 Å². The van der Waals surface area contributed by atoms with E-state index in [0.717, 1.165) is 11.1 Å². The van der Waals surface area contributed by atoms with Gasteiger partial charge in [-0.3, -0.25) is 0 Å². The van der Waals surface area contributed by atoms with Gasteiger partial charge in [0.2, 0.25) is 0 Å². The Hall–Kier alpha value is -2.68. The minimum Gasteiger partial charge on any atom is -0.344 e. The Morgan fingerprint density at radius 2 is 1.20 bits per heavy atom. The van der Waals surface area contributed by atoms with E-state index in [9.17, 15) is 0 Å².